The molecule has 19 heavy (non-hydrogen) atoms. The molecule has 2 aromatic rings. The predicted molar refractivity (Wildman–Crippen MR) is 66.8 cm³/mol. The lowest BCUT2D eigenvalue weighted by molar-refractivity contribution is -0.384. The third kappa shape index (κ3) is 3.12. The van der Waals surface area contributed by atoms with Crippen molar-refractivity contribution in [2.45, 2.75) is 6.54 Å². The molecule has 0 aliphatic heterocycles. The van der Waals surface area contributed by atoms with Gasteiger partial charge in [-0.25, -0.2) is 0 Å². The number of aromatic nitrogens is 3. The van der Waals surface area contributed by atoms with E-state index in [2.05, 4.69) is 20.5 Å². The number of nitrogens with zero attached hydrogens (tertiary/aromatic N) is 4. The summed E-state index contributed by atoms with van der Waals surface area (Å²) in [6.45, 7) is 0.287. The van der Waals surface area contributed by atoms with Crippen molar-refractivity contribution in [3.63, 3.8) is 0 Å². The van der Waals surface area contributed by atoms with Gasteiger partial charge in [-0.05, 0) is 12.1 Å². The van der Waals surface area contributed by atoms with Crippen LogP contribution < -0.4 is 10.1 Å². The van der Waals surface area contributed by atoms with Crippen LogP contribution in [0.15, 0.2) is 30.5 Å². The molecule has 98 valence electrons. The SMILES string of the molecule is COc1ccc([N+](=O)[O-])c(NCc2cccnn2)n1. The molecule has 2 heterocycles. The first-order valence-electron chi connectivity index (χ1n) is 5.40. The monoisotopic (exact) mass is 261 g/mol. The highest BCUT2D eigenvalue weighted by atomic mass is 16.6. The molecule has 8 nitrogen and oxygen atoms in total. The van der Waals surface area contributed by atoms with E-state index in [0.29, 0.717) is 11.6 Å². The van der Waals surface area contributed by atoms with E-state index in [9.17, 15) is 10.1 Å². The third-order valence-corrected chi connectivity index (χ3v) is 2.32. The van der Waals surface area contributed by atoms with Crippen LogP contribution in [0.25, 0.3) is 0 Å². The molecule has 0 atom stereocenters. The molecule has 8 heteroatoms. The maximum absolute atomic E-state index is 10.9. The number of methoxy groups -OCH3 is 1. The van der Waals surface area contributed by atoms with Gasteiger partial charge in [0.25, 0.3) is 0 Å². The molecule has 0 saturated heterocycles. The molecular weight excluding hydrogens is 250 g/mol. The highest BCUT2D eigenvalue weighted by Gasteiger charge is 2.16. The van der Waals surface area contributed by atoms with E-state index < -0.39 is 4.92 Å². The fraction of sp³-hybridized carbons (Fsp3) is 0.182. The zero-order valence-electron chi connectivity index (χ0n) is 10.1. The van der Waals surface area contributed by atoms with Crippen LogP contribution in [0.2, 0.25) is 0 Å². The van der Waals surface area contributed by atoms with Gasteiger partial charge in [-0.1, -0.05) is 0 Å². The van der Waals surface area contributed by atoms with E-state index in [-0.39, 0.29) is 18.1 Å². The van der Waals surface area contributed by atoms with Crippen molar-refractivity contribution < 1.29 is 9.66 Å². The molecule has 0 fully saturated rings. The zero-order chi connectivity index (χ0) is 13.7. The Hall–Kier alpha value is -2.77. The molecule has 0 saturated carbocycles. The number of hydrogen-bond donors (Lipinski definition) is 1. The smallest absolute Gasteiger partial charge is 0.311 e. The summed E-state index contributed by atoms with van der Waals surface area (Å²) in [6.07, 6.45) is 1.55. The molecule has 2 rings (SSSR count). The summed E-state index contributed by atoms with van der Waals surface area (Å²) < 4.78 is 4.94. The van der Waals surface area contributed by atoms with E-state index in [0.717, 1.165) is 0 Å². The van der Waals surface area contributed by atoms with Crippen LogP contribution >= 0.6 is 0 Å². The molecule has 0 unspecified atom stereocenters. The van der Waals surface area contributed by atoms with Gasteiger partial charge in [-0.15, -0.1) is 0 Å². The van der Waals surface area contributed by atoms with Crippen LogP contribution in [0.1, 0.15) is 5.69 Å². The number of rotatable bonds is 5. The van der Waals surface area contributed by atoms with Crippen LogP contribution in [0.3, 0.4) is 0 Å². The van der Waals surface area contributed by atoms with Crippen molar-refractivity contribution in [1.29, 1.82) is 0 Å². The largest absolute Gasteiger partial charge is 0.481 e. The number of nitrogens with one attached hydrogen (secondary N) is 1. The molecule has 1 N–H and O–H groups in total. The van der Waals surface area contributed by atoms with Gasteiger partial charge in [-0.3, -0.25) is 10.1 Å². The number of anilines is 1. The second-order valence-electron chi connectivity index (χ2n) is 3.55. The average molecular weight is 261 g/mol. The summed E-state index contributed by atoms with van der Waals surface area (Å²) in [6, 6.07) is 6.26. The lowest BCUT2D eigenvalue weighted by Gasteiger charge is -2.06. The Morgan fingerprint density at radius 2 is 2.26 bits per heavy atom. The summed E-state index contributed by atoms with van der Waals surface area (Å²) in [7, 11) is 1.45. The van der Waals surface area contributed by atoms with Gasteiger partial charge in [0.2, 0.25) is 11.7 Å². The molecule has 0 aliphatic carbocycles. The van der Waals surface area contributed by atoms with Gasteiger partial charge in [0.05, 0.1) is 24.3 Å². The summed E-state index contributed by atoms with van der Waals surface area (Å²) in [5.41, 5.74) is 0.533. The third-order valence-electron chi connectivity index (χ3n) is 2.32. The predicted octanol–water partition coefficient (Wildman–Crippen LogP) is 1.40. The lowest BCUT2D eigenvalue weighted by atomic mass is 10.3. The first-order valence-corrected chi connectivity index (χ1v) is 5.40. The summed E-state index contributed by atoms with van der Waals surface area (Å²) >= 11 is 0. The van der Waals surface area contributed by atoms with E-state index in [4.69, 9.17) is 4.74 Å². The Balaban J connectivity index is 2.20. The Morgan fingerprint density at radius 3 is 2.89 bits per heavy atom. The summed E-state index contributed by atoms with van der Waals surface area (Å²) in [4.78, 5) is 14.4. The van der Waals surface area contributed by atoms with Gasteiger partial charge in [0.15, 0.2) is 0 Å². The number of nitro groups is 1. The topological polar surface area (TPSA) is 103 Å². The molecule has 0 aliphatic rings. The van der Waals surface area contributed by atoms with Gasteiger partial charge in [-0.2, -0.15) is 15.2 Å². The fourth-order valence-electron chi connectivity index (χ4n) is 1.43. The van der Waals surface area contributed by atoms with Crippen LogP contribution in [0, 0.1) is 10.1 Å². The van der Waals surface area contributed by atoms with E-state index >= 15 is 0 Å². The highest BCUT2D eigenvalue weighted by Crippen LogP contribution is 2.25. The van der Waals surface area contributed by atoms with Crippen molar-refractivity contribution in [3.05, 3.63) is 46.3 Å². The standard InChI is InChI=1S/C11H11N5O3/c1-19-10-5-4-9(16(17)18)11(14-10)12-7-8-3-2-6-13-15-8/h2-6H,7H2,1H3,(H,12,14). The molecule has 0 spiro atoms. The number of hydrogen-bond acceptors (Lipinski definition) is 7. The van der Waals surface area contributed by atoms with Crippen LogP contribution in [-0.4, -0.2) is 27.2 Å². The number of ether oxygens (including phenoxy) is 1. The first kappa shape index (κ1) is 12.7. The van der Waals surface area contributed by atoms with E-state index in [1.54, 1.807) is 18.3 Å². The van der Waals surface area contributed by atoms with Crippen LogP contribution in [0.4, 0.5) is 11.5 Å². The maximum atomic E-state index is 10.9. The van der Waals surface area contributed by atoms with Crippen molar-refractivity contribution in [2.24, 2.45) is 0 Å². The van der Waals surface area contributed by atoms with Gasteiger partial charge >= 0.3 is 5.69 Å². The number of pyridine rings is 1. The average Bonchev–Trinajstić information content (AvgIpc) is 2.45. The van der Waals surface area contributed by atoms with Crippen LogP contribution in [-0.2, 0) is 6.54 Å². The summed E-state index contributed by atoms with van der Waals surface area (Å²) in [5, 5.41) is 21.3. The van der Waals surface area contributed by atoms with E-state index in [1.807, 2.05) is 0 Å². The highest BCUT2D eigenvalue weighted by molar-refractivity contribution is 5.57. The second-order valence-corrected chi connectivity index (χ2v) is 3.55. The molecule has 0 amide bonds. The minimum atomic E-state index is -0.508. The van der Waals surface area contributed by atoms with Crippen molar-refractivity contribution in [3.8, 4) is 5.88 Å². The normalized spacial score (nSPS) is 9.95. The quantitative estimate of drug-likeness (QED) is 0.640. The molecule has 0 aromatic carbocycles. The zero-order valence-corrected chi connectivity index (χ0v) is 10.1. The van der Waals surface area contributed by atoms with Crippen molar-refractivity contribution in [2.75, 3.05) is 12.4 Å². The van der Waals surface area contributed by atoms with Crippen molar-refractivity contribution in [1.82, 2.24) is 15.2 Å². The maximum Gasteiger partial charge on any atom is 0.311 e. The lowest BCUT2D eigenvalue weighted by Crippen LogP contribution is -2.07. The molecular formula is C11H11N5O3. The van der Waals surface area contributed by atoms with Gasteiger partial charge < -0.3 is 10.1 Å². The molecule has 0 bridgehead atoms. The second kappa shape index (κ2) is 5.71. The summed E-state index contributed by atoms with van der Waals surface area (Å²) in [5.74, 6) is 0.433. The Bertz CT molecular complexity index is 576. The van der Waals surface area contributed by atoms with Crippen LogP contribution in [0.5, 0.6) is 5.88 Å². The Morgan fingerprint density at radius 1 is 1.42 bits per heavy atom. The molecule has 2 aromatic heterocycles. The Kier molecular flexibility index (Phi) is 3.81. The first-order chi connectivity index (χ1) is 9.20. The molecule has 0 radical (unpaired) electrons. The minimum absolute atomic E-state index is 0.121. The Labute approximate surface area is 108 Å². The van der Waals surface area contributed by atoms with Gasteiger partial charge in [0, 0.05) is 18.3 Å². The minimum Gasteiger partial charge on any atom is -0.481 e. The van der Waals surface area contributed by atoms with Crippen molar-refractivity contribution >= 4 is 11.5 Å². The van der Waals surface area contributed by atoms with Gasteiger partial charge in [0.1, 0.15) is 0 Å². The van der Waals surface area contributed by atoms with E-state index in [1.165, 1.54) is 19.2 Å². The fourth-order valence-corrected chi connectivity index (χ4v) is 1.43.